The maximum absolute atomic E-state index is 14.0. The number of hydrogen-bond donors (Lipinski definition) is 1. The summed E-state index contributed by atoms with van der Waals surface area (Å²) in [6, 6.07) is 5.00. The highest BCUT2D eigenvalue weighted by Crippen LogP contribution is 2.32. The molecule has 88 valence electrons. The molecule has 1 N–H and O–H groups in total. The van der Waals surface area contributed by atoms with Gasteiger partial charge in [0.2, 0.25) is 0 Å². The van der Waals surface area contributed by atoms with E-state index in [-0.39, 0.29) is 5.82 Å². The van der Waals surface area contributed by atoms with Crippen LogP contribution in [0, 0.1) is 10.5 Å². The Morgan fingerprint density at radius 1 is 1.47 bits per heavy atom. The van der Waals surface area contributed by atoms with Gasteiger partial charge in [-0.05, 0) is 28.1 Å². The van der Waals surface area contributed by atoms with Gasteiger partial charge >= 0.3 is 0 Å². The number of aromatic amines is 1. The molecule has 0 aliphatic rings. The largest absolute Gasteiger partial charge is 0.491 e. The standard InChI is InChI=1S/C11H8BrFN2OS/c1-16-10-9(14-5-15-11(10)17)6-3-2-4-7(12)8(6)13/h2-5H,1H3,(H,14,15,17). The number of halogens is 2. The van der Waals surface area contributed by atoms with Crippen LogP contribution in [0.2, 0.25) is 0 Å². The molecule has 1 aromatic carbocycles. The second kappa shape index (κ2) is 4.93. The van der Waals surface area contributed by atoms with E-state index in [1.54, 1.807) is 18.2 Å². The predicted molar refractivity (Wildman–Crippen MR) is 69.1 cm³/mol. The van der Waals surface area contributed by atoms with Crippen LogP contribution in [0.1, 0.15) is 0 Å². The van der Waals surface area contributed by atoms with E-state index in [0.29, 0.717) is 26.1 Å². The summed E-state index contributed by atoms with van der Waals surface area (Å²) >= 11 is 8.16. The van der Waals surface area contributed by atoms with Gasteiger partial charge in [-0.25, -0.2) is 9.37 Å². The number of hydrogen-bond acceptors (Lipinski definition) is 3. The van der Waals surface area contributed by atoms with Crippen molar-refractivity contribution in [3.05, 3.63) is 39.5 Å². The van der Waals surface area contributed by atoms with Gasteiger partial charge in [0, 0.05) is 5.56 Å². The molecule has 0 amide bonds. The lowest BCUT2D eigenvalue weighted by Crippen LogP contribution is -1.96. The van der Waals surface area contributed by atoms with E-state index in [0.717, 1.165) is 0 Å². The monoisotopic (exact) mass is 314 g/mol. The van der Waals surface area contributed by atoms with Gasteiger partial charge in [0.1, 0.15) is 5.82 Å². The molecule has 0 fully saturated rings. The average Bonchev–Trinajstić information content (AvgIpc) is 2.32. The molecule has 6 heteroatoms. The Bertz CT molecular complexity index is 615. The van der Waals surface area contributed by atoms with Crippen LogP contribution in [0.5, 0.6) is 5.75 Å². The minimum Gasteiger partial charge on any atom is -0.491 e. The van der Waals surface area contributed by atoms with Crippen LogP contribution < -0.4 is 4.74 Å². The molecular weight excluding hydrogens is 307 g/mol. The van der Waals surface area contributed by atoms with Gasteiger partial charge in [-0.2, -0.15) is 0 Å². The third-order valence-corrected chi connectivity index (χ3v) is 3.14. The lowest BCUT2D eigenvalue weighted by Gasteiger charge is -2.09. The van der Waals surface area contributed by atoms with E-state index in [4.69, 9.17) is 17.0 Å². The zero-order valence-corrected chi connectivity index (χ0v) is 11.2. The third kappa shape index (κ3) is 2.23. The molecule has 0 radical (unpaired) electrons. The Morgan fingerprint density at radius 3 is 2.94 bits per heavy atom. The van der Waals surface area contributed by atoms with Gasteiger partial charge in [-0.15, -0.1) is 0 Å². The Kier molecular flexibility index (Phi) is 3.54. The van der Waals surface area contributed by atoms with E-state index in [2.05, 4.69) is 25.9 Å². The van der Waals surface area contributed by atoms with Crippen molar-refractivity contribution in [1.82, 2.24) is 9.97 Å². The zero-order chi connectivity index (χ0) is 12.4. The normalized spacial score (nSPS) is 10.3. The maximum atomic E-state index is 14.0. The minimum absolute atomic E-state index is 0.292. The number of H-pyrrole nitrogens is 1. The topological polar surface area (TPSA) is 37.9 Å². The Hall–Kier alpha value is -1.27. The number of benzene rings is 1. The van der Waals surface area contributed by atoms with E-state index >= 15 is 0 Å². The molecule has 1 heterocycles. The Morgan fingerprint density at radius 2 is 2.24 bits per heavy atom. The molecule has 0 spiro atoms. The highest BCUT2D eigenvalue weighted by atomic mass is 79.9. The average molecular weight is 315 g/mol. The quantitative estimate of drug-likeness (QED) is 0.859. The van der Waals surface area contributed by atoms with Crippen molar-refractivity contribution < 1.29 is 9.13 Å². The Labute approximate surface area is 111 Å². The lowest BCUT2D eigenvalue weighted by molar-refractivity contribution is 0.410. The molecule has 0 aliphatic heterocycles. The summed E-state index contributed by atoms with van der Waals surface area (Å²) in [4.78, 5) is 6.74. The third-order valence-electron chi connectivity index (χ3n) is 2.24. The van der Waals surface area contributed by atoms with Crippen LogP contribution in [-0.4, -0.2) is 17.1 Å². The molecule has 2 aromatic rings. The first-order chi connectivity index (χ1) is 8.15. The second-order valence-corrected chi connectivity index (χ2v) is 4.46. The van der Waals surface area contributed by atoms with Crippen LogP contribution in [0.15, 0.2) is 29.0 Å². The highest BCUT2D eigenvalue weighted by molar-refractivity contribution is 9.10. The summed E-state index contributed by atoms with van der Waals surface area (Å²) in [5, 5.41) is 0. The first-order valence-corrected chi connectivity index (χ1v) is 5.91. The molecule has 1 aromatic heterocycles. The van der Waals surface area contributed by atoms with Crippen LogP contribution in [-0.2, 0) is 0 Å². The number of methoxy groups -OCH3 is 1. The fourth-order valence-electron chi connectivity index (χ4n) is 1.47. The highest BCUT2D eigenvalue weighted by Gasteiger charge is 2.14. The number of nitrogens with zero attached hydrogens (tertiary/aromatic N) is 1. The SMILES string of the molecule is COc1c(-c2cccc(Br)c2F)[nH]cnc1=S. The molecule has 0 saturated carbocycles. The summed E-state index contributed by atoms with van der Waals surface area (Å²) in [7, 11) is 1.47. The van der Waals surface area contributed by atoms with E-state index < -0.39 is 0 Å². The van der Waals surface area contributed by atoms with E-state index in [9.17, 15) is 4.39 Å². The predicted octanol–water partition coefficient (Wildman–Crippen LogP) is 3.72. The van der Waals surface area contributed by atoms with Crippen LogP contribution in [0.25, 0.3) is 11.3 Å². The first-order valence-electron chi connectivity index (χ1n) is 4.71. The summed E-state index contributed by atoms with van der Waals surface area (Å²) in [5.41, 5.74) is 0.857. The lowest BCUT2D eigenvalue weighted by atomic mass is 10.1. The summed E-state index contributed by atoms with van der Waals surface area (Å²) in [6.07, 6.45) is 1.42. The molecule has 0 aliphatic carbocycles. The van der Waals surface area contributed by atoms with Crippen molar-refractivity contribution in [3.8, 4) is 17.0 Å². The van der Waals surface area contributed by atoms with Gasteiger partial charge in [-0.3, -0.25) is 0 Å². The van der Waals surface area contributed by atoms with Gasteiger partial charge in [0.15, 0.2) is 10.4 Å². The minimum atomic E-state index is -0.373. The fraction of sp³-hybridized carbons (Fsp3) is 0.0909. The first kappa shape index (κ1) is 12.2. The summed E-state index contributed by atoms with van der Waals surface area (Å²) in [5.74, 6) is -0.0119. The van der Waals surface area contributed by atoms with Crippen molar-refractivity contribution in [2.45, 2.75) is 0 Å². The molecule has 3 nitrogen and oxygen atoms in total. The number of rotatable bonds is 2. The van der Waals surface area contributed by atoms with Gasteiger partial charge in [0.25, 0.3) is 0 Å². The van der Waals surface area contributed by atoms with Gasteiger partial charge < -0.3 is 9.72 Å². The number of nitrogens with one attached hydrogen (secondary N) is 1. The molecule has 0 saturated heterocycles. The van der Waals surface area contributed by atoms with Crippen molar-refractivity contribution in [2.75, 3.05) is 7.11 Å². The van der Waals surface area contributed by atoms with Crippen LogP contribution in [0.3, 0.4) is 0 Å². The zero-order valence-electron chi connectivity index (χ0n) is 8.83. The summed E-state index contributed by atoms with van der Waals surface area (Å²) < 4.78 is 19.8. The number of ether oxygens (including phenoxy) is 1. The molecule has 17 heavy (non-hydrogen) atoms. The van der Waals surface area contributed by atoms with E-state index in [1.165, 1.54) is 13.4 Å². The maximum Gasteiger partial charge on any atom is 0.179 e. The summed E-state index contributed by atoms with van der Waals surface area (Å²) in [6.45, 7) is 0. The second-order valence-electron chi connectivity index (χ2n) is 3.22. The van der Waals surface area contributed by atoms with Gasteiger partial charge in [-0.1, -0.05) is 18.3 Å². The van der Waals surface area contributed by atoms with Crippen molar-refractivity contribution in [1.29, 1.82) is 0 Å². The molecular formula is C11H8BrFN2OS. The molecule has 0 atom stereocenters. The fourth-order valence-corrected chi connectivity index (χ4v) is 2.08. The molecule has 0 unspecified atom stereocenters. The van der Waals surface area contributed by atoms with Crippen molar-refractivity contribution in [2.24, 2.45) is 0 Å². The van der Waals surface area contributed by atoms with Gasteiger partial charge in [0.05, 0.1) is 23.6 Å². The van der Waals surface area contributed by atoms with E-state index in [1.807, 2.05) is 0 Å². The Balaban J connectivity index is 2.73. The molecule has 2 rings (SSSR count). The van der Waals surface area contributed by atoms with Crippen molar-refractivity contribution in [3.63, 3.8) is 0 Å². The smallest absolute Gasteiger partial charge is 0.179 e. The van der Waals surface area contributed by atoms with Crippen molar-refractivity contribution >= 4 is 28.1 Å². The van der Waals surface area contributed by atoms with Crippen LogP contribution in [0.4, 0.5) is 4.39 Å². The molecule has 0 bridgehead atoms. The van der Waals surface area contributed by atoms with Crippen LogP contribution >= 0.6 is 28.1 Å². The number of aromatic nitrogens is 2.